The number of hydrogen-bond acceptors (Lipinski definition) is 5. The van der Waals surface area contributed by atoms with Gasteiger partial charge in [0.05, 0.1) is 17.1 Å². The fraction of sp³-hybridized carbons (Fsp3) is 0.300. The molecule has 1 N–H and O–H groups in total. The molecule has 0 aliphatic rings. The van der Waals surface area contributed by atoms with Crippen LogP contribution in [0.5, 0.6) is 0 Å². The first-order valence-corrected chi connectivity index (χ1v) is 9.57. The number of rotatable bonds is 5. The van der Waals surface area contributed by atoms with E-state index >= 15 is 0 Å². The quantitative estimate of drug-likeness (QED) is 0.809. The monoisotopic (exact) mass is 388 g/mol. The van der Waals surface area contributed by atoms with Gasteiger partial charge in [-0.1, -0.05) is 15.9 Å². The van der Waals surface area contributed by atoms with Gasteiger partial charge in [0.2, 0.25) is 0 Å². The Hall–Kier alpha value is -1.00. The molecule has 0 aliphatic carbocycles. The number of halogens is 2. The van der Waals surface area contributed by atoms with Gasteiger partial charge in [-0.25, -0.2) is 26.0 Å². The molecule has 0 saturated carbocycles. The average molecular weight is 389 g/mol. The van der Waals surface area contributed by atoms with Gasteiger partial charge in [0.25, 0.3) is 0 Å². The summed E-state index contributed by atoms with van der Waals surface area (Å²) in [6.07, 6.45) is 0.850. The Morgan fingerprint density at radius 3 is 2.25 bits per heavy atom. The molecule has 0 aliphatic heterocycles. The van der Waals surface area contributed by atoms with Crippen LogP contribution in [0.1, 0.15) is 10.4 Å². The highest BCUT2D eigenvalue weighted by atomic mass is 79.9. The lowest BCUT2D eigenvalue weighted by Crippen LogP contribution is -2.18. The van der Waals surface area contributed by atoms with Crippen LogP contribution in [0.2, 0.25) is 0 Å². The molecular formula is C10H10BrFO6S2. The van der Waals surface area contributed by atoms with Crippen LogP contribution in [-0.4, -0.2) is 45.7 Å². The van der Waals surface area contributed by atoms with E-state index in [1.807, 2.05) is 0 Å². The third-order valence-electron chi connectivity index (χ3n) is 2.29. The Morgan fingerprint density at radius 1 is 1.25 bits per heavy atom. The van der Waals surface area contributed by atoms with Crippen molar-refractivity contribution in [2.45, 2.75) is 4.90 Å². The summed E-state index contributed by atoms with van der Waals surface area (Å²) in [5.41, 5.74) is -0.808. The first-order valence-electron chi connectivity index (χ1n) is 5.07. The largest absolute Gasteiger partial charge is 0.478 e. The summed E-state index contributed by atoms with van der Waals surface area (Å²) in [5, 5.41) is 8.79. The van der Waals surface area contributed by atoms with E-state index in [2.05, 4.69) is 15.9 Å². The van der Waals surface area contributed by atoms with Gasteiger partial charge in [0.1, 0.15) is 14.7 Å². The number of carbonyl (C=O) groups is 1. The number of aromatic carboxylic acids is 1. The van der Waals surface area contributed by atoms with Crippen LogP contribution in [-0.2, 0) is 19.7 Å². The van der Waals surface area contributed by atoms with E-state index in [1.165, 1.54) is 0 Å². The molecule has 10 heteroatoms. The molecule has 1 aromatic rings. The third-order valence-corrected chi connectivity index (χ3v) is 5.66. The van der Waals surface area contributed by atoms with E-state index in [4.69, 9.17) is 5.11 Å². The summed E-state index contributed by atoms with van der Waals surface area (Å²) < 4.78 is 59.7. The molecule has 112 valence electrons. The van der Waals surface area contributed by atoms with Crippen LogP contribution in [0.4, 0.5) is 4.39 Å². The maximum absolute atomic E-state index is 13.9. The van der Waals surface area contributed by atoms with Gasteiger partial charge in [-0.3, -0.25) is 0 Å². The second-order valence-corrected chi connectivity index (χ2v) is 9.27. The topological polar surface area (TPSA) is 106 Å². The summed E-state index contributed by atoms with van der Waals surface area (Å²) in [7, 11) is -7.79. The first kappa shape index (κ1) is 17.1. The van der Waals surface area contributed by atoms with Crippen LogP contribution in [0.3, 0.4) is 0 Å². The number of benzene rings is 1. The summed E-state index contributed by atoms with van der Waals surface area (Å²) >= 11 is 2.89. The second kappa shape index (κ2) is 5.78. The minimum atomic E-state index is -4.25. The number of carboxylic acids is 1. The molecule has 0 heterocycles. The summed E-state index contributed by atoms with van der Waals surface area (Å²) in [6.45, 7) is 0. The van der Waals surface area contributed by atoms with Crippen LogP contribution in [0.25, 0.3) is 0 Å². The summed E-state index contributed by atoms with van der Waals surface area (Å²) in [4.78, 5) is 9.98. The molecule has 0 spiro atoms. The van der Waals surface area contributed by atoms with Crippen LogP contribution >= 0.6 is 15.9 Å². The zero-order valence-corrected chi connectivity index (χ0v) is 13.3. The lowest BCUT2D eigenvalue weighted by Gasteiger charge is -2.08. The number of hydrogen-bond donors (Lipinski definition) is 1. The Labute approximate surface area is 123 Å². The van der Waals surface area contributed by atoms with Crippen molar-refractivity contribution in [3.63, 3.8) is 0 Å². The molecule has 0 radical (unpaired) electrons. The fourth-order valence-corrected chi connectivity index (χ4v) is 4.92. The Balaban J connectivity index is 3.36. The highest BCUT2D eigenvalue weighted by Crippen LogP contribution is 2.25. The van der Waals surface area contributed by atoms with Gasteiger partial charge in [-0.15, -0.1) is 0 Å². The van der Waals surface area contributed by atoms with Crippen LogP contribution < -0.4 is 0 Å². The average Bonchev–Trinajstić information content (AvgIpc) is 2.28. The first-order chi connectivity index (χ1) is 8.94. The molecule has 0 saturated heterocycles. The predicted octanol–water partition coefficient (Wildman–Crippen LogP) is 1.10. The lowest BCUT2D eigenvalue weighted by atomic mass is 10.2. The molecule has 1 rings (SSSR count). The highest BCUT2D eigenvalue weighted by Gasteiger charge is 2.26. The van der Waals surface area contributed by atoms with E-state index in [0.717, 1.165) is 18.4 Å². The minimum Gasteiger partial charge on any atom is -0.478 e. The van der Waals surface area contributed by atoms with Crippen LogP contribution in [0, 0.1) is 5.82 Å². The third kappa shape index (κ3) is 4.25. The molecular weight excluding hydrogens is 379 g/mol. The van der Waals surface area contributed by atoms with Crippen molar-refractivity contribution in [3.8, 4) is 0 Å². The molecule has 0 bridgehead atoms. The molecule has 1 aromatic carbocycles. The fourth-order valence-electron chi connectivity index (χ4n) is 1.32. The highest BCUT2D eigenvalue weighted by molar-refractivity contribution is 9.10. The number of carboxylic acid groups (broad SMARTS) is 1. The Morgan fingerprint density at radius 2 is 1.80 bits per heavy atom. The van der Waals surface area contributed by atoms with Crippen molar-refractivity contribution in [3.05, 3.63) is 28.0 Å². The van der Waals surface area contributed by atoms with Gasteiger partial charge >= 0.3 is 5.97 Å². The van der Waals surface area contributed by atoms with Gasteiger partial charge < -0.3 is 5.11 Å². The molecule has 20 heavy (non-hydrogen) atoms. The van der Waals surface area contributed by atoms with E-state index < -0.39 is 53.4 Å². The maximum atomic E-state index is 13.9. The van der Waals surface area contributed by atoms with Gasteiger partial charge in [0.15, 0.2) is 15.7 Å². The van der Waals surface area contributed by atoms with Crippen molar-refractivity contribution in [2.24, 2.45) is 0 Å². The summed E-state index contributed by atoms with van der Waals surface area (Å²) in [6, 6.07) is 1.83. The van der Waals surface area contributed by atoms with Crippen LogP contribution in [0.15, 0.2) is 21.5 Å². The van der Waals surface area contributed by atoms with Crippen molar-refractivity contribution >= 4 is 41.6 Å². The van der Waals surface area contributed by atoms with Gasteiger partial charge in [-0.05, 0) is 12.1 Å². The summed E-state index contributed by atoms with van der Waals surface area (Å²) in [5.74, 6) is -4.53. The molecule has 0 atom stereocenters. The van der Waals surface area contributed by atoms with Crippen molar-refractivity contribution in [1.82, 2.24) is 0 Å². The van der Waals surface area contributed by atoms with Crippen molar-refractivity contribution < 1.29 is 31.1 Å². The molecule has 0 fully saturated rings. The Bertz CT molecular complexity index is 754. The lowest BCUT2D eigenvalue weighted by molar-refractivity contribution is 0.0691. The zero-order valence-electron chi connectivity index (χ0n) is 10.1. The molecule has 0 amide bonds. The van der Waals surface area contributed by atoms with Crippen molar-refractivity contribution in [2.75, 3.05) is 17.8 Å². The van der Waals surface area contributed by atoms with Crippen molar-refractivity contribution in [1.29, 1.82) is 0 Å². The molecule has 6 nitrogen and oxygen atoms in total. The van der Waals surface area contributed by atoms with Gasteiger partial charge in [-0.2, -0.15) is 0 Å². The molecule has 0 unspecified atom stereocenters. The second-order valence-electron chi connectivity index (χ2n) is 4.02. The minimum absolute atomic E-state index is 0.0641. The van der Waals surface area contributed by atoms with Gasteiger partial charge in [0, 0.05) is 10.7 Å². The maximum Gasteiger partial charge on any atom is 0.338 e. The zero-order chi connectivity index (χ0) is 15.7. The van der Waals surface area contributed by atoms with E-state index in [0.29, 0.717) is 0 Å². The number of sulfone groups is 2. The van der Waals surface area contributed by atoms with E-state index in [1.54, 1.807) is 0 Å². The normalized spacial score (nSPS) is 12.3. The SMILES string of the molecule is CS(=O)(=O)CCS(=O)(=O)c1cc(Br)cc(C(=O)O)c1F. The standard InChI is InChI=1S/C10H10BrFO6S2/c1-19(15,16)2-3-20(17,18)8-5-6(11)4-7(9(8)12)10(13)14/h4-5H,2-3H2,1H3,(H,13,14). The Kier molecular flexibility index (Phi) is 4.93. The molecule has 0 aromatic heterocycles. The predicted molar refractivity (Wildman–Crippen MR) is 72.8 cm³/mol. The van der Waals surface area contributed by atoms with E-state index in [-0.39, 0.29) is 4.47 Å². The van der Waals surface area contributed by atoms with E-state index in [9.17, 15) is 26.0 Å². The smallest absolute Gasteiger partial charge is 0.338 e.